The van der Waals surface area contributed by atoms with Crippen LogP contribution in [0, 0.1) is 6.92 Å². The van der Waals surface area contributed by atoms with E-state index in [4.69, 9.17) is 15.2 Å². The number of nitrogen functional groups attached to an aromatic ring is 1. The first kappa shape index (κ1) is 22.1. The van der Waals surface area contributed by atoms with Crippen molar-refractivity contribution < 1.29 is 14.3 Å². The highest BCUT2D eigenvalue weighted by Crippen LogP contribution is 2.44. The average molecular weight is 427 g/mol. The quantitative estimate of drug-likeness (QED) is 0.467. The van der Waals surface area contributed by atoms with Crippen LogP contribution in [0.2, 0.25) is 0 Å². The van der Waals surface area contributed by atoms with Crippen molar-refractivity contribution in [1.29, 1.82) is 0 Å². The van der Waals surface area contributed by atoms with Crippen molar-refractivity contribution >= 4 is 32.4 Å². The van der Waals surface area contributed by atoms with Gasteiger partial charge in [-0.1, -0.05) is 49.7 Å². The van der Waals surface area contributed by atoms with Crippen LogP contribution >= 0.6 is 11.3 Å². The van der Waals surface area contributed by atoms with Crippen molar-refractivity contribution in [2.24, 2.45) is 0 Å². The smallest absolute Gasteiger partial charge is 0.341 e. The lowest BCUT2D eigenvalue weighted by Gasteiger charge is -2.19. The van der Waals surface area contributed by atoms with Crippen molar-refractivity contribution in [1.82, 2.24) is 4.90 Å². The van der Waals surface area contributed by atoms with Crippen molar-refractivity contribution in [3.63, 3.8) is 0 Å². The molecular formula is C24H30N2O3S. The number of nitrogens with zero attached hydrogens (tertiary/aromatic N) is 1. The molecule has 0 aliphatic carbocycles. The van der Waals surface area contributed by atoms with E-state index in [1.54, 1.807) is 6.92 Å². The van der Waals surface area contributed by atoms with E-state index in [2.05, 4.69) is 43.9 Å². The van der Waals surface area contributed by atoms with Crippen LogP contribution in [0.25, 0.3) is 21.2 Å². The number of rotatable bonds is 9. The summed E-state index contributed by atoms with van der Waals surface area (Å²) >= 11 is 1.38. The molecule has 0 amide bonds. The van der Waals surface area contributed by atoms with E-state index in [1.165, 1.54) is 16.9 Å². The number of fused-ring (bicyclic) bond motifs is 1. The Labute approximate surface area is 182 Å². The lowest BCUT2D eigenvalue weighted by atomic mass is 10.0. The highest BCUT2D eigenvalue weighted by atomic mass is 32.1. The number of thiophene rings is 1. The van der Waals surface area contributed by atoms with Crippen molar-refractivity contribution in [3.8, 4) is 16.9 Å². The van der Waals surface area contributed by atoms with Crippen LogP contribution in [0.5, 0.6) is 5.75 Å². The summed E-state index contributed by atoms with van der Waals surface area (Å²) < 4.78 is 12.5. The monoisotopic (exact) mass is 426 g/mol. The third kappa shape index (κ3) is 4.60. The Morgan fingerprint density at radius 2 is 1.90 bits per heavy atom. The van der Waals surface area contributed by atoms with Crippen LogP contribution in [0.3, 0.4) is 0 Å². The molecule has 5 nitrogen and oxygen atoms in total. The molecule has 0 fully saturated rings. The van der Waals surface area contributed by atoms with Gasteiger partial charge in [0.2, 0.25) is 0 Å². The van der Waals surface area contributed by atoms with Crippen LogP contribution in [0.15, 0.2) is 36.4 Å². The molecule has 3 aromatic rings. The number of hydrogen-bond donors (Lipinski definition) is 1. The maximum atomic E-state index is 12.5. The molecule has 1 aromatic heterocycles. The summed E-state index contributed by atoms with van der Waals surface area (Å²) in [7, 11) is 0. The molecule has 0 spiro atoms. The second-order valence-electron chi connectivity index (χ2n) is 7.13. The van der Waals surface area contributed by atoms with Gasteiger partial charge in [0.25, 0.3) is 0 Å². The SMILES string of the molecule is CCOC(=O)c1c(N)sc2c(OCCN(CC)CC)c(-c3cccc(C)c3)ccc12. The van der Waals surface area contributed by atoms with Gasteiger partial charge in [0.05, 0.1) is 11.3 Å². The fourth-order valence-electron chi connectivity index (χ4n) is 3.57. The van der Waals surface area contributed by atoms with Gasteiger partial charge in [-0.15, -0.1) is 11.3 Å². The van der Waals surface area contributed by atoms with E-state index in [-0.39, 0.29) is 0 Å². The maximum Gasteiger partial charge on any atom is 0.341 e. The number of carbonyl (C=O) groups is 1. The Bertz CT molecular complexity index is 1020. The first-order valence-electron chi connectivity index (χ1n) is 10.4. The van der Waals surface area contributed by atoms with Gasteiger partial charge in [0, 0.05) is 17.5 Å². The topological polar surface area (TPSA) is 64.8 Å². The Morgan fingerprint density at radius 3 is 2.57 bits per heavy atom. The van der Waals surface area contributed by atoms with Crippen LogP contribution in [0.1, 0.15) is 36.7 Å². The number of anilines is 1. The van der Waals surface area contributed by atoms with E-state index in [1.807, 2.05) is 18.2 Å². The number of benzene rings is 2. The van der Waals surface area contributed by atoms with Gasteiger partial charge in [0.15, 0.2) is 0 Å². The first-order valence-corrected chi connectivity index (χ1v) is 11.3. The number of ether oxygens (including phenoxy) is 2. The third-order valence-electron chi connectivity index (χ3n) is 5.20. The highest BCUT2D eigenvalue weighted by Gasteiger charge is 2.23. The largest absolute Gasteiger partial charge is 0.490 e. The van der Waals surface area contributed by atoms with E-state index in [0.29, 0.717) is 23.8 Å². The van der Waals surface area contributed by atoms with E-state index < -0.39 is 5.97 Å². The minimum absolute atomic E-state index is 0.310. The van der Waals surface area contributed by atoms with Gasteiger partial charge in [-0.25, -0.2) is 4.79 Å². The molecule has 0 radical (unpaired) electrons. The number of nitrogens with two attached hydrogens (primary N) is 1. The molecule has 0 bridgehead atoms. The van der Waals surface area contributed by atoms with E-state index in [9.17, 15) is 4.79 Å². The standard InChI is InChI=1S/C24H30N2O3S/c1-5-26(6-2)13-14-29-21-18(17-10-8-9-16(4)15-17)11-12-19-20(24(27)28-7-3)23(25)30-22(19)21/h8-12,15H,5-7,13-14,25H2,1-4H3. The van der Waals surface area contributed by atoms with Crippen molar-refractivity contribution in [3.05, 3.63) is 47.5 Å². The summed E-state index contributed by atoms with van der Waals surface area (Å²) in [6.07, 6.45) is 0. The Balaban J connectivity index is 2.10. The first-order chi connectivity index (χ1) is 14.5. The zero-order valence-corrected chi connectivity index (χ0v) is 19.0. The molecule has 0 atom stereocenters. The number of carbonyl (C=O) groups excluding carboxylic acids is 1. The summed E-state index contributed by atoms with van der Waals surface area (Å²) in [5.41, 5.74) is 9.94. The maximum absolute atomic E-state index is 12.5. The summed E-state index contributed by atoms with van der Waals surface area (Å²) in [6.45, 7) is 11.8. The normalized spacial score (nSPS) is 11.2. The fourth-order valence-corrected chi connectivity index (χ4v) is 4.63. The predicted octanol–water partition coefficient (Wildman–Crippen LogP) is 5.36. The molecule has 6 heteroatoms. The third-order valence-corrected chi connectivity index (χ3v) is 6.23. The van der Waals surface area contributed by atoms with Crippen LogP contribution < -0.4 is 10.5 Å². The van der Waals surface area contributed by atoms with Crippen molar-refractivity contribution in [2.75, 3.05) is 38.6 Å². The van der Waals surface area contributed by atoms with Crippen LogP contribution in [0.4, 0.5) is 5.00 Å². The second-order valence-corrected chi connectivity index (χ2v) is 8.18. The number of esters is 1. The summed E-state index contributed by atoms with van der Waals surface area (Å²) in [6, 6.07) is 12.3. The van der Waals surface area contributed by atoms with Gasteiger partial charge in [-0.2, -0.15) is 0 Å². The molecule has 3 rings (SSSR count). The number of hydrogen-bond acceptors (Lipinski definition) is 6. The molecule has 2 aromatic carbocycles. The van der Waals surface area contributed by atoms with Gasteiger partial charge in [0.1, 0.15) is 22.9 Å². The van der Waals surface area contributed by atoms with Gasteiger partial charge in [-0.3, -0.25) is 0 Å². The predicted molar refractivity (Wildman–Crippen MR) is 126 cm³/mol. The van der Waals surface area contributed by atoms with E-state index >= 15 is 0 Å². The molecule has 0 aliphatic heterocycles. The van der Waals surface area contributed by atoms with Gasteiger partial charge in [-0.05, 0) is 38.6 Å². The van der Waals surface area contributed by atoms with Crippen molar-refractivity contribution in [2.45, 2.75) is 27.7 Å². The minimum atomic E-state index is -0.390. The van der Waals surface area contributed by atoms with Gasteiger partial charge < -0.3 is 20.1 Å². The molecule has 0 unspecified atom stereocenters. The number of aryl methyl sites for hydroxylation is 1. The molecule has 0 saturated carbocycles. The molecule has 30 heavy (non-hydrogen) atoms. The molecule has 0 aliphatic rings. The van der Waals surface area contributed by atoms with Gasteiger partial charge >= 0.3 is 5.97 Å². The molecule has 0 saturated heterocycles. The Morgan fingerprint density at radius 1 is 1.13 bits per heavy atom. The second kappa shape index (κ2) is 9.96. The van der Waals surface area contributed by atoms with Crippen LogP contribution in [-0.4, -0.2) is 43.7 Å². The summed E-state index contributed by atoms with van der Waals surface area (Å²) in [5, 5.41) is 1.24. The van der Waals surface area contributed by atoms with E-state index in [0.717, 1.165) is 46.6 Å². The summed E-state index contributed by atoms with van der Waals surface area (Å²) in [4.78, 5) is 14.8. The minimum Gasteiger partial charge on any atom is -0.490 e. The summed E-state index contributed by atoms with van der Waals surface area (Å²) in [5.74, 6) is 0.385. The molecular weight excluding hydrogens is 396 g/mol. The molecule has 1 heterocycles. The average Bonchev–Trinajstić information content (AvgIpc) is 3.07. The molecule has 160 valence electrons. The fraction of sp³-hybridized carbons (Fsp3) is 0.375. The zero-order valence-electron chi connectivity index (χ0n) is 18.2. The molecule has 2 N–H and O–H groups in total. The van der Waals surface area contributed by atoms with Crippen LogP contribution in [-0.2, 0) is 4.74 Å². The zero-order chi connectivity index (χ0) is 21.7. The lowest BCUT2D eigenvalue weighted by molar-refractivity contribution is 0.0530. The number of likely N-dealkylation sites (N-methyl/N-ethyl adjacent to an activating group) is 1. The Kier molecular flexibility index (Phi) is 7.34. The lowest BCUT2D eigenvalue weighted by Crippen LogP contribution is -2.28. The highest BCUT2D eigenvalue weighted by molar-refractivity contribution is 7.23. The Hall–Kier alpha value is -2.57.